The lowest BCUT2D eigenvalue weighted by Gasteiger charge is -2.23. The molecule has 0 amide bonds. The smallest absolute Gasteiger partial charge is 0.363 e. The van der Waals surface area contributed by atoms with Gasteiger partial charge in [-0.05, 0) is 36.6 Å². The minimum absolute atomic E-state index is 0.330. The Labute approximate surface area is 118 Å². The second-order valence-corrected chi connectivity index (χ2v) is 5.48. The first-order valence-electron chi connectivity index (χ1n) is 6.93. The topological polar surface area (TPSA) is 41.9 Å². The van der Waals surface area contributed by atoms with Gasteiger partial charge in [-0.15, -0.1) is 0 Å². The molecule has 1 aliphatic heterocycles. The second-order valence-electron chi connectivity index (χ2n) is 5.48. The van der Waals surface area contributed by atoms with E-state index in [1.807, 2.05) is 43.3 Å². The summed E-state index contributed by atoms with van der Waals surface area (Å²) < 4.78 is 5.25. The molecule has 1 saturated carbocycles. The fourth-order valence-corrected chi connectivity index (χ4v) is 2.28. The second kappa shape index (κ2) is 5.12. The lowest BCUT2D eigenvalue weighted by molar-refractivity contribution is -0.130. The molecule has 104 valence electrons. The molecule has 0 N–H and O–H groups in total. The maximum Gasteiger partial charge on any atom is 0.363 e. The van der Waals surface area contributed by atoms with Gasteiger partial charge in [0.05, 0.1) is 0 Å². The van der Waals surface area contributed by atoms with Crippen molar-refractivity contribution in [3.8, 4) is 0 Å². The molecule has 3 rings (SSSR count). The highest BCUT2D eigenvalue weighted by atomic mass is 16.6. The van der Waals surface area contributed by atoms with Crippen LogP contribution in [0.2, 0.25) is 0 Å². The number of rotatable bonds is 3. The third-order valence-corrected chi connectivity index (χ3v) is 3.80. The third-order valence-electron chi connectivity index (χ3n) is 3.80. The molecule has 0 atom stereocenters. The highest BCUT2D eigenvalue weighted by Crippen LogP contribution is 2.31. The lowest BCUT2D eigenvalue weighted by atomic mass is 9.85. The fourth-order valence-electron chi connectivity index (χ4n) is 2.28. The molecule has 4 heteroatoms. The van der Waals surface area contributed by atoms with Crippen LogP contribution in [0, 0.1) is 5.92 Å². The summed E-state index contributed by atoms with van der Waals surface area (Å²) in [5.41, 5.74) is 2.49. The number of carbonyl (C=O) groups excluding carboxylic acids is 1. The van der Waals surface area contributed by atoms with Crippen LogP contribution < -0.4 is 4.90 Å². The summed E-state index contributed by atoms with van der Waals surface area (Å²) in [6, 6.07) is 7.99. The Kier molecular flexibility index (Phi) is 3.30. The Balaban J connectivity index is 1.80. The molecule has 2 aliphatic rings. The van der Waals surface area contributed by atoms with Gasteiger partial charge in [-0.2, -0.15) is 0 Å². The first-order chi connectivity index (χ1) is 9.63. The summed E-state index contributed by atoms with van der Waals surface area (Å²) in [4.78, 5) is 18.2. The SMILES string of the molecule is CN(C)c1ccc(/C=C2/N=C(C3CCC3)OC2=O)cc1. The van der Waals surface area contributed by atoms with Crippen LogP contribution in [0.4, 0.5) is 5.69 Å². The van der Waals surface area contributed by atoms with Gasteiger partial charge in [-0.1, -0.05) is 18.6 Å². The van der Waals surface area contributed by atoms with E-state index in [4.69, 9.17) is 4.74 Å². The molecular formula is C16H18N2O2. The van der Waals surface area contributed by atoms with E-state index in [1.165, 1.54) is 6.42 Å². The summed E-state index contributed by atoms with van der Waals surface area (Å²) in [6.07, 6.45) is 5.15. The van der Waals surface area contributed by atoms with E-state index in [9.17, 15) is 4.79 Å². The number of cyclic esters (lactones) is 1. The Morgan fingerprint density at radius 1 is 1.25 bits per heavy atom. The number of nitrogens with zero attached hydrogens (tertiary/aromatic N) is 2. The van der Waals surface area contributed by atoms with Gasteiger partial charge >= 0.3 is 5.97 Å². The van der Waals surface area contributed by atoms with Gasteiger partial charge in [0.2, 0.25) is 5.90 Å². The monoisotopic (exact) mass is 270 g/mol. The molecule has 1 aromatic rings. The van der Waals surface area contributed by atoms with Gasteiger partial charge in [0.1, 0.15) is 0 Å². The molecule has 0 spiro atoms. The van der Waals surface area contributed by atoms with Crippen molar-refractivity contribution < 1.29 is 9.53 Å². The zero-order chi connectivity index (χ0) is 14.1. The summed E-state index contributed by atoms with van der Waals surface area (Å²) in [6.45, 7) is 0. The normalized spacial score (nSPS) is 20.6. The van der Waals surface area contributed by atoms with Crippen LogP contribution in [-0.4, -0.2) is 26.0 Å². The number of hydrogen-bond donors (Lipinski definition) is 0. The molecule has 4 nitrogen and oxygen atoms in total. The molecule has 0 aromatic heterocycles. The largest absolute Gasteiger partial charge is 0.406 e. The number of aliphatic imine (C=N–C) groups is 1. The summed E-state index contributed by atoms with van der Waals surface area (Å²) >= 11 is 0. The van der Waals surface area contributed by atoms with Crippen molar-refractivity contribution in [2.75, 3.05) is 19.0 Å². The standard InChI is InChI=1S/C16H18N2O2/c1-18(2)13-8-6-11(7-9-13)10-14-16(19)20-15(17-14)12-4-3-5-12/h6-10,12H,3-5H2,1-2H3/b14-10+. The van der Waals surface area contributed by atoms with Crippen molar-refractivity contribution >= 4 is 23.6 Å². The predicted molar refractivity (Wildman–Crippen MR) is 79.6 cm³/mol. The van der Waals surface area contributed by atoms with Crippen LogP contribution in [0.5, 0.6) is 0 Å². The van der Waals surface area contributed by atoms with Gasteiger partial charge in [-0.25, -0.2) is 9.79 Å². The zero-order valence-corrected chi connectivity index (χ0v) is 11.8. The molecule has 0 saturated heterocycles. The van der Waals surface area contributed by atoms with Gasteiger partial charge in [0.25, 0.3) is 0 Å². The number of benzene rings is 1. The molecule has 20 heavy (non-hydrogen) atoms. The average molecular weight is 270 g/mol. The maximum atomic E-state index is 11.8. The first-order valence-corrected chi connectivity index (χ1v) is 6.93. The van der Waals surface area contributed by atoms with Gasteiger partial charge in [0, 0.05) is 25.7 Å². The molecule has 1 fully saturated rings. The molecule has 1 aliphatic carbocycles. The summed E-state index contributed by atoms with van der Waals surface area (Å²) in [7, 11) is 3.99. The van der Waals surface area contributed by atoms with E-state index in [-0.39, 0.29) is 5.97 Å². The fraction of sp³-hybridized carbons (Fsp3) is 0.375. The number of hydrogen-bond acceptors (Lipinski definition) is 4. The van der Waals surface area contributed by atoms with Crippen molar-refractivity contribution in [3.63, 3.8) is 0 Å². The van der Waals surface area contributed by atoms with Gasteiger partial charge in [-0.3, -0.25) is 0 Å². The van der Waals surface area contributed by atoms with E-state index in [0.717, 1.165) is 24.1 Å². The van der Waals surface area contributed by atoms with Crippen LogP contribution in [0.15, 0.2) is 35.0 Å². The van der Waals surface area contributed by atoms with Crippen molar-refractivity contribution in [1.29, 1.82) is 0 Å². The maximum absolute atomic E-state index is 11.8. The van der Waals surface area contributed by atoms with Crippen LogP contribution in [0.1, 0.15) is 24.8 Å². The highest BCUT2D eigenvalue weighted by Gasteiger charge is 2.32. The third kappa shape index (κ3) is 2.46. The van der Waals surface area contributed by atoms with Gasteiger partial charge < -0.3 is 9.64 Å². The van der Waals surface area contributed by atoms with E-state index < -0.39 is 0 Å². The van der Waals surface area contributed by atoms with E-state index >= 15 is 0 Å². The molecule has 0 unspecified atom stereocenters. The van der Waals surface area contributed by atoms with Crippen molar-refractivity contribution in [2.45, 2.75) is 19.3 Å². The average Bonchev–Trinajstić information content (AvgIpc) is 2.69. The minimum atomic E-state index is -0.330. The Bertz CT molecular complexity index is 581. The van der Waals surface area contributed by atoms with E-state index in [0.29, 0.717) is 17.5 Å². The van der Waals surface area contributed by atoms with E-state index in [1.54, 1.807) is 6.08 Å². The van der Waals surface area contributed by atoms with Crippen LogP contribution in [0.3, 0.4) is 0 Å². The molecule has 0 radical (unpaired) electrons. The first kappa shape index (κ1) is 12.9. The van der Waals surface area contributed by atoms with Crippen LogP contribution >= 0.6 is 0 Å². The zero-order valence-electron chi connectivity index (χ0n) is 11.8. The molecule has 1 heterocycles. The van der Waals surface area contributed by atoms with Crippen LogP contribution in [-0.2, 0) is 9.53 Å². The Hall–Kier alpha value is -2.10. The number of ether oxygens (including phenoxy) is 1. The molecular weight excluding hydrogens is 252 g/mol. The lowest BCUT2D eigenvalue weighted by Crippen LogP contribution is -2.22. The minimum Gasteiger partial charge on any atom is -0.406 e. The quantitative estimate of drug-likeness (QED) is 0.626. The predicted octanol–water partition coefficient (Wildman–Crippen LogP) is 2.85. The molecule has 1 aromatic carbocycles. The highest BCUT2D eigenvalue weighted by molar-refractivity contribution is 6.07. The van der Waals surface area contributed by atoms with Crippen molar-refractivity contribution in [3.05, 3.63) is 35.5 Å². The summed E-state index contributed by atoms with van der Waals surface area (Å²) in [5.74, 6) is 0.627. The Morgan fingerprint density at radius 3 is 2.50 bits per heavy atom. The Morgan fingerprint density at radius 2 is 1.95 bits per heavy atom. The van der Waals surface area contributed by atoms with Crippen molar-refractivity contribution in [1.82, 2.24) is 0 Å². The van der Waals surface area contributed by atoms with Gasteiger partial charge in [0.15, 0.2) is 5.70 Å². The van der Waals surface area contributed by atoms with E-state index in [2.05, 4.69) is 4.99 Å². The number of anilines is 1. The number of carbonyl (C=O) groups is 1. The number of esters is 1. The summed E-state index contributed by atoms with van der Waals surface area (Å²) in [5, 5.41) is 0. The van der Waals surface area contributed by atoms with Crippen molar-refractivity contribution in [2.24, 2.45) is 10.9 Å². The van der Waals surface area contributed by atoms with Crippen LogP contribution in [0.25, 0.3) is 6.08 Å². The molecule has 0 bridgehead atoms.